The summed E-state index contributed by atoms with van der Waals surface area (Å²) in [5, 5.41) is 51.6. The number of nitrogens with two attached hydrogens (primary N) is 3. The number of aliphatic hydroxyl groups excluding tert-OH is 2. The summed E-state index contributed by atoms with van der Waals surface area (Å²) in [4.78, 5) is 104. The highest BCUT2D eigenvalue weighted by Gasteiger charge is 2.33. The van der Waals surface area contributed by atoms with E-state index >= 15 is 0 Å². The van der Waals surface area contributed by atoms with Crippen molar-refractivity contribution in [3.05, 3.63) is 0 Å². The maximum atomic E-state index is 13.1. The zero-order chi connectivity index (χ0) is 40.3. The van der Waals surface area contributed by atoms with Gasteiger partial charge in [0.25, 0.3) is 0 Å². The van der Waals surface area contributed by atoms with E-state index in [0.29, 0.717) is 6.42 Å². The van der Waals surface area contributed by atoms with Gasteiger partial charge in [-0.05, 0) is 38.0 Å². The van der Waals surface area contributed by atoms with E-state index in [-0.39, 0.29) is 31.3 Å². The van der Waals surface area contributed by atoms with Crippen LogP contribution in [0.1, 0.15) is 60.3 Å². The molecule has 22 heteroatoms. The number of aliphatic carboxylic acids is 2. The van der Waals surface area contributed by atoms with Crippen LogP contribution in [-0.2, 0) is 38.4 Å². The summed E-state index contributed by atoms with van der Waals surface area (Å²) in [7, 11) is 0. The van der Waals surface area contributed by atoms with Crippen LogP contribution in [-0.4, -0.2) is 136 Å². The average molecular weight is 747 g/mol. The van der Waals surface area contributed by atoms with Crippen LogP contribution >= 0.6 is 0 Å². The van der Waals surface area contributed by atoms with Crippen LogP contribution in [0, 0.1) is 11.8 Å². The summed E-state index contributed by atoms with van der Waals surface area (Å²) in [5.74, 6) is -9.67. The molecular formula is C30H54N10O12. The third kappa shape index (κ3) is 17.7. The van der Waals surface area contributed by atoms with Crippen molar-refractivity contribution in [3.63, 3.8) is 0 Å². The van der Waals surface area contributed by atoms with Crippen molar-refractivity contribution in [1.29, 1.82) is 0 Å². The van der Waals surface area contributed by atoms with Crippen LogP contribution in [0.4, 0.5) is 0 Å². The second kappa shape index (κ2) is 23.4. The van der Waals surface area contributed by atoms with Gasteiger partial charge in [-0.2, -0.15) is 0 Å². The molecule has 22 nitrogen and oxygen atoms in total. The molecule has 0 spiro atoms. The number of aliphatic imine (C=N–C) groups is 1. The lowest BCUT2D eigenvalue weighted by Gasteiger charge is -2.26. The minimum absolute atomic E-state index is 0.0215. The van der Waals surface area contributed by atoms with Crippen LogP contribution in [0.2, 0.25) is 0 Å². The predicted octanol–water partition coefficient (Wildman–Crippen LogP) is -5.46. The van der Waals surface area contributed by atoms with Gasteiger partial charge in [0.05, 0.1) is 25.7 Å². The lowest BCUT2D eigenvalue weighted by Crippen LogP contribution is -2.60. The number of hydrogen-bond acceptors (Lipinski definition) is 12. The Balaban J connectivity index is 5.64. The van der Waals surface area contributed by atoms with E-state index in [1.807, 2.05) is 0 Å². The first-order chi connectivity index (χ1) is 24.1. The molecule has 0 fully saturated rings. The van der Waals surface area contributed by atoms with Gasteiger partial charge in [-0.15, -0.1) is 0 Å². The van der Waals surface area contributed by atoms with Crippen molar-refractivity contribution in [2.75, 3.05) is 19.8 Å². The van der Waals surface area contributed by atoms with Crippen molar-refractivity contribution in [3.8, 4) is 0 Å². The van der Waals surface area contributed by atoms with E-state index in [0.717, 1.165) is 0 Å². The maximum Gasteiger partial charge on any atom is 0.326 e. The molecule has 6 amide bonds. The summed E-state index contributed by atoms with van der Waals surface area (Å²) in [6.07, 6.45) is -0.529. The molecule has 0 saturated heterocycles. The Bertz CT molecular complexity index is 1290. The molecule has 0 saturated carbocycles. The van der Waals surface area contributed by atoms with E-state index < -0.39 is 115 Å². The minimum Gasteiger partial charge on any atom is -0.481 e. The topological polar surface area (TPSA) is 380 Å². The highest BCUT2D eigenvalue weighted by Crippen LogP contribution is 2.08. The van der Waals surface area contributed by atoms with Gasteiger partial charge < -0.3 is 69.5 Å². The number of guanidine groups is 1. The maximum absolute atomic E-state index is 13.1. The fraction of sp³-hybridized carbons (Fsp3) is 0.700. The highest BCUT2D eigenvalue weighted by molar-refractivity contribution is 5.97. The minimum atomic E-state index is -1.79. The third-order valence-corrected chi connectivity index (χ3v) is 7.27. The van der Waals surface area contributed by atoms with E-state index in [1.165, 1.54) is 6.92 Å². The average Bonchev–Trinajstić information content (AvgIpc) is 3.04. The zero-order valence-electron chi connectivity index (χ0n) is 29.9. The molecule has 0 heterocycles. The number of amides is 6. The lowest BCUT2D eigenvalue weighted by molar-refractivity contribution is -0.144. The van der Waals surface area contributed by atoms with Gasteiger partial charge in [0.1, 0.15) is 36.3 Å². The fourth-order valence-corrected chi connectivity index (χ4v) is 4.39. The molecule has 0 aromatic heterocycles. The number of carbonyl (C=O) groups excluding carboxylic acids is 6. The monoisotopic (exact) mass is 746 g/mol. The largest absolute Gasteiger partial charge is 0.481 e. The van der Waals surface area contributed by atoms with E-state index in [9.17, 15) is 58.8 Å². The van der Waals surface area contributed by atoms with Gasteiger partial charge in [-0.1, -0.05) is 27.7 Å². The molecule has 0 aromatic carbocycles. The highest BCUT2D eigenvalue weighted by atomic mass is 16.4. The first-order valence-corrected chi connectivity index (χ1v) is 16.4. The van der Waals surface area contributed by atoms with Crippen LogP contribution < -0.4 is 49.1 Å². The first kappa shape index (κ1) is 46.9. The number of aliphatic hydroxyl groups is 2. The number of rotatable bonds is 24. The summed E-state index contributed by atoms with van der Waals surface area (Å²) >= 11 is 0. The molecule has 16 N–H and O–H groups in total. The number of carboxylic acids is 2. The molecule has 0 unspecified atom stereocenters. The SMILES string of the molecule is CC(C)C[C@H](NC(=O)[C@H](C)NC(=O)[C@H](CC(=O)O)NC(=O)[C@H](CO)NC(=O)[C@@H](N)CCCN=C(N)N)C(=O)N[C@@H](CO)C(=O)N[C@H](C(=O)O)C(C)C. The molecule has 52 heavy (non-hydrogen) atoms. The van der Waals surface area contributed by atoms with E-state index in [4.69, 9.17) is 17.2 Å². The van der Waals surface area contributed by atoms with Crippen molar-refractivity contribution in [1.82, 2.24) is 31.9 Å². The second-order valence-corrected chi connectivity index (χ2v) is 12.7. The Kier molecular flexibility index (Phi) is 21.1. The third-order valence-electron chi connectivity index (χ3n) is 7.27. The van der Waals surface area contributed by atoms with E-state index in [2.05, 4.69) is 36.9 Å². The zero-order valence-corrected chi connectivity index (χ0v) is 29.9. The number of nitrogens with one attached hydrogen (secondary N) is 6. The lowest BCUT2D eigenvalue weighted by atomic mass is 10.0. The number of hydrogen-bond donors (Lipinski definition) is 13. The molecule has 296 valence electrons. The molecule has 0 aliphatic rings. The molecular weight excluding hydrogens is 692 g/mol. The number of carboxylic acid groups (broad SMARTS) is 2. The second-order valence-electron chi connectivity index (χ2n) is 12.7. The van der Waals surface area contributed by atoms with Gasteiger partial charge in [0.2, 0.25) is 35.4 Å². The van der Waals surface area contributed by atoms with Gasteiger partial charge in [0, 0.05) is 6.54 Å². The quantitative estimate of drug-likeness (QED) is 0.0249. The Morgan fingerprint density at radius 2 is 1.10 bits per heavy atom. The Labute approximate surface area is 300 Å². The normalized spacial score (nSPS) is 15.0. The van der Waals surface area contributed by atoms with Gasteiger partial charge in [-0.25, -0.2) is 4.79 Å². The smallest absolute Gasteiger partial charge is 0.326 e. The summed E-state index contributed by atoms with van der Waals surface area (Å²) < 4.78 is 0. The molecule has 0 rings (SSSR count). The molecule has 0 radical (unpaired) electrons. The summed E-state index contributed by atoms with van der Waals surface area (Å²) in [6.45, 7) is 6.06. The van der Waals surface area contributed by atoms with Crippen LogP contribution in [0.25, 0.3) is 0 Å². The van der Waals surface area contributed by atoms with Gasteiger partial charge in [0.15, 0.2) is 5.96 Å². The van der Waals surface area contributed by atoms with Crippen molar-refractivity contribution >= 4 is 53.3 Å². The molecule has 0 aliphatic heterocycles. The van der Waals surface area contributed by atoms with E-state index in [1.54, 1.807) is 27.7 Å². The summed E-state index contributed by atoms with van der Waals surface area (Å²) in [5.41, 5.74) is 16.3. The summed E-state index contributed by atoms with van der Waals surface area (Å²) in [6, 6.07) is -10.2. The van der Waals surface area contributed by atoms with Gasteiger partial charge >= 0.3 is 11.9 Å². The molecule has 7 atom stereocenters. The Morgan fingerprint density at radius 3 is 1.56 bits per heavy atom. The van der Waals surface area contributed by atoms with Crippen LogP contribution in [0.5, 0.6) is 0 Å². The van der Waals surface area contributed by atoms with Crippen molar-refractivity contribution in [2.45, 2.75) is 103 Å². The van der Waals surface area contributed by atoms with Crippen molar-refractivity contribution in [2.24, 2.45) is 34.0 Å². The number of carbonyl (C=O) groups is 8. The Morgan fingerprint density at radius 1 is 0.635 bits per heavy atom. The fourth-order valence-electron chi connectivity index (χ4n) is 4.39. The molecule has 0 aromatic rings. The molecule has 0 aliphatic carbocycles. The molecule has 0 bridgehead atoms. The van der Waals surface area contributed by atoms with Crippen LogP contribution in [0.15, 0.2) is 4.99 Å². The number of nitrogens with zero attached hydrogens (tertiary/aromatic N) is 1. The predicted molar refractivity (Wildman–Crippen MR) is 183 cm³/mol. The van der Waals surface area contributed by atoms with Gasteiger partial charge in [-0.3, -0.25) is 38.6 Å². The first-order valence-electron chi connectivity index (χ1n) is 16.4. The standard InChI is InChI=1S/C30H54N10O12/c1-13(2)9-17(26(48)39-20(12-42)28(50)40-22(14(3)4)29(51)52)36-23(45)15(5)35-25(47)18(10-21(43)44)37-27(49)19(11-41)38-24(46)16(31)7-6-8-34-30(32)33/h13-20,22,41-42H,6-12,31H2,1-5H3,(H,35,47)(H,36,45)(H,37,49)(H,38,46)(H,39,48)(H,40,50)(H,43,44)(H,51,52)(H4,32,33,34)/t15-,16-,17-,18-,19-,20-,22-/m0/s1. The van der Waals surface area contributed by atoms with Crippen molar-refractivity contribution < 1.29 is 58.8 Å². The van der Waals surface area contributed by atoms with Crippen LogP contribution in [0.3, 0.4) is 0 Å². The Hall–Kier alpha value is -5.09.